The zero-order valence-electron chi connectivity index (χ0n) is 21.7. The number of amides is 1. The summed E-state index contributed by atoms with van der Waals surface area (Å²) in [6.07, 6.45) is 0.556. The summed E-state index contributed by atoms with van der Waals surface area (Å²) >= 11 is 5.96. The molecule has 2 aromatic carbocycles. The first kappa shape index (κ1) is 30.0. The third kappa shape index (κ3) is 11.4. The van der Waals surface area contributed by atoms with Crippen LogP contribution in [0.2, 0.25) is 5.02 Å². The fraction of sp³-hybridized carbons (Fsp3) is 0.385. The van der Waals surface area contributed by atoms with Gasteiger partial charge >= 0.3 is 0 Å². The van der Waals surface area contributed by atoms with Gasteiger partial charge in [-0.15, -0.1) is 0 Å². The van der Waals surface area contributed by atoms with E-state index in [1.54, 1.807) is 24.3 Å². The lowest BCUT2D eigenvalue weighted by Crippen LogP contribution is -2.27. The Hall–Kier alpha value is -3.55. The zero-order chi connectivity index (χ0) is 27.7. The second-order valence-electron chi connectivity index (χ2n) is 8.26. The number of aromatic nitrogens is 3. The lowest BCUT2D eigenvalue weighted by Gasteiger charge is -2.12. The lowest BCUT2D eigenvalue weighted by molar-refractivity contribution is 0.0511. The van der Waals surface area contributed by atoms with Crippen LogP contribution in [0.25, 0.3) is 0 Å². The second-order valence-corrected chi connectivity index (χ2v) is 8.70. The number of nitrogens with zero attached hydrogens (tertiary/aromatic N) is 3. The lowest BCUT2D eigenvalue weighted by atomic mass is 10.2. The van der Waals surface area contributed by atoms with Crippen molar-refractivity contribution in [2.24, 2.45) is 5.73 Å². The van der Waals surface area contributed by atoms with E-state index in [2.05, 4.69) is 36.2 Å². The van der Waals surface area contributed by atoms with Crippen LogP contribution in [-0.2, 0) is 16.0 Å². The topological polar surface area (TPSA) is 169 Å². The van der Waals surface area contributed by atoms with Crippen molar-refractivity contribution >= 4 is 41.0 Å². The van der Waals surface area contributed by atoms with E-state index in [9.17, 15) is 4.79 Å². The molecule has 7 N–H and O–H groups in total. The van der Waals surface area contributed by atoms with Crippen molar-refractivity contribution in [1.82, 2.24) is 20.3 Å². The fourth-order valence-corrected chi connectivity index (χ4v) is 3.36. The number of ether oxygens (including phenoxy) is 2. The Morgan fingerprint density at radius 2 is 1.51 bits per heavy atom. The molecular formula is C26H35ClN8O4. The average molecular weight is 559 g/mol. The molecule has 210 valence electrons. The van der Waals surface area contributed by atoms with Gasteiger partial charge in [0.25, 0.3) is 5.91 Å². The Morgan fingerprint density at radius 1 is 0.846 bits per heavy atom. The molecule has 0 aliphatic rings. The van der Waals surface area contributed by atoms with Crippen molar-refractivity contribution in [3.05, 3.63) is 64.7 Å². The highest BCUT2D eigenvalue weighted by molar-refractivity contribution is 6.30. The molecule has 1 amide bonds. The predicted molar refractivity (Wildman–Crippen MR) is 152 cm³/mol. The van der Waals surface area contributed by atoms with E-state index in [4.69, 9.17) is 31.9 Å². The number of nitrogens with two attached hydrogens (primary N) is 1. The molecule has 0 atom stereocenters. The third-order valence-corrected chi connectivity index (χ3v) is 5.44. The van der Waals surface area contributed by atoms with Crippen LogP contribution in [0.3, 0.4) is 0 Å². The molecule has 0 spiro atoms. The van der Waals surface area contributed by atoms with Crippen molar-refractivity contribution in [1.29, 1.82) is 0 Å². The Labute approximate surface area is 232 Å². The largest absolute Gasteiger partial charge is 0.396 e. The number of hydrogen-bond acceptors (Lipinski definition) is 11. The van der Waals surface area contributed by atoms with Crippen LogP contribution in [0.1, 0.15) is 22.3 Å². The second kappa shape index (κ2) is 17.1. The van der Waals surface area contributed by atoms with Crippen molar-refractivity contribution < 1.29 is 19.4 Å². The molecule has 12 nitrogen and oxygen atoms in total. The molecule has 0 saturated carbocycles. The van der Waals surface area contributed by atoms with E-state index in [-0.39, 0.29) is 12.5 Å². The Kier molecular flexibility index (Phi) is 13.2. The van der Waals surface area contributed by atoms with Crippen LogP contribution in [-0.4, -0.2) is 78.6 Å². The zero-order valence-corrected chi connectivity index (χ0v) is 22.4. The van der Waals surface area contributed by atoms with Crippen LogP contribution < -0.4 is 27.0 Å². The molecule has 0 radical (unpaired) electrons. The highest BCUT2D eigenvalue weighted by atomic mass is 35.5. The predicted octanol–water partition coefficient (Wildman–Crippen LogP) is 2.40. The molecule has 0 aliphatic heterocycles. The summed E-state index contributed by atoms with van der Waals surface area (Å²) in [5.74, 6) is 0.857. The van der Waals surface area contributed by atoms with Gasteiger partial charge in [0.1, 0.15) is 0 Å². The first-order valence-electron chi connectivity index (χ1n) is 12.7. The maximum atomic E-state index is 12.4. The van der Waals surface area contributed by atoms with Gasteiger partial charge in [-0.3, -0.25) is 4.79 Å². The van der Waals surface area contributed by atoms with Crippen molar-refractivity contribution in [3.8, 4) is 0 Å². The number of aliphatic hydroxyl groups excluding tert-OH is 1. The summed E-state index contributed by atoms with van der Waals surface area (Å²) < 4.78 is 10.6. The van der Waals surface area contributed by atoms with Crippen LogP contribution in [0, 0.1) is 0 Å². The van der Waals surface area contributed by atoms with Gasteiger partial charge in [-0.2, -0.15) is 15.0 Å². The van der Waals surface area contributed by atoms with Crippen LogP contribution in [0.5, 0.6) is 0 Å². The molecule has 0 unspecified atom stereocenters. The monoisotopic (exact) mass is 558 g/mol. The molecule has 39 heavy (non-hydrogen) atoms. The number of aliphatic hydroxyl groups is 1. The summed E-state index contributed by atoms with van der Waals surface area (Å²) in [4.78, 5) is 25.7. The average Bonchev–Trinajstić information content (AvgIpc) is 2.94. The number of carbonyl (C=O) groups excluding carboxylic acids is 1. The third-order valence-electron chi connectivity index (χ3n) is 5.19. The minimum absolute atomic E-state index is 0.0576. The Balaban J connectivity index is 1.55. The summed E-state index contributed by atoms with van der Waals surface area (Å²) in [6.45, 7) is 3.74. The summed E-state index contributed by atoms with van der Waals surface area (Å²) in [6, 6.07) is 14.4. The number of nitrogens with one attached hydrogen (secondary N) is 4. The molecule has 0 bridgehead atoms. The van der Waals surface area contributed by atoms with E-state index in [0.29, 0.717) is 93.1 Å². The van der Waals surface area contributed by atoms with Gasteiger partial charge < -0.3 is 41.6 Å². The molecule has 3 aromatic rings. The normalized spacial score (nSPS) is 10.7. The van der Waals surface area contributed by atoms with Gasteiger partial charge in [-0.1, -0.05) is 23.7 Å². The summed E-state index contributed by atoms with van der Waals surface area (Å²) in [5.41, 5.74) is 7.58. The number of carbonyl (C=O) groups is 1. The number of halogens is 1. The van der Waals surface area contributed by atoms with Gasteiger partial charge in [-0.05, 0) is 48.4 Å². The minimum Gasteiger partial charge on any atom is -0.396 e. The maximum Gasteiger partial charge on any atom is 0.251 e. The quantitative estimate of drug-likeness (QED) is 0.127. The first-order valence-corrected chi connectivity index (χ1v) is 13.0. The standard InChI is InChI=1S/C26H35ClN8O4/c27-21-6-2-19(3-7-21)18-31-25-33-24(30-11-1-13-36)34-26(35-25)32-22-8-4-20(5-9-22)23(37)29-12-15-39-17-16-38-14-10-28/h2-9,36H,1,10-18,28H2,(H,29,37)(H3,30,31,32,33,34,35). The molecule has 0 saturated heterocycles. The van der Waals surface area contributed by atoms with Gasteiger partial charge in [0.15, 0.2) is 0 Å². The van der Waals surface area contributed by atoms with Gasteiger partial charge in [0.2, 0.25) is 17.8 Å². The number of anilines is 4. The highest BCUT2D eigenvalue weighted by Crippen LogP contribution is 2.18. The van der Waals surface area contributed by atoms with Crippen LogP contribution >= 0.6 is 11.6 Å². The highest BCUT2D eigenvalue weighted by Gasteiger charge is 2.09. The Morgan fingerprint density at radius 3 is 2.21 bits per heavy atom. The summed E-state index contributed by atoms with van der Waals surface area (Å²) in [5, 5.41) is 22.0. The van der Waals surface area contributed by atoms with E-state index in [1.807, 2.05) is 24.3 Å². The molecule has 1 heterocycles. The first-order chi connectivity index (χ1) is 19.1. The molecular weight excluding hydrogens is 524 g/mol. The maximum absolute atomic E-state index is 12.4. The van der Waals surface area contributed by atoms with Crippen LogP contribution in [0.15, 0.2) is 48.5 Å². The number of benzene rings is 2. The SMILES string of the molecule is NCCOCCOCCNC(=O)c1ccc(Nc2nc(NCCCO)nc(NCc3ccc(Cl)cc3)n2)cc1. The van der Waals surface area contributed by atoms with Crippen LogP contribution in [0.4, 0.5) is 23.5 Å². The van der Waals surface area contributed by atoms with E-state index in [1.165, 1.54) is 0 Å². The molecule has 3 rings (SSSR count). The van der Waals surface area contributed by atoms with Crippen molar-refractivity contribution in [2.45, 2.75) is 13.0 Å². The van der Waals surface area contributed by atoms with E-state index >= 15 is 0 Å². The molecule has 1 aromatic heterocycles. The van der Waals surface area contributed by atoms with Gasteiger partial charge in [0.05, 0.1) is 26.4 Å². The molecule has 0 aliphatic carbocycles. The molecule has 0 fully saturated rings. The van der Waals surface area contributed by atoms with Gasteiger partial charge in [0, 0.05) is 49.1 Å². The van der Waals surface area contributed by atoms with Crippen molar-refractivity contribution in [3.63, 3.8) is 0 Å². The molecule has 13 heteroatoms. The Bertz CT molecular complexity index is 1140. The number of rotatable bonds is 18. The van der Waals surface area contributed by atoms with E-state index < -0.39 is 0 Å². The smallest absolute Gasteiger partial charge is 0.251 e. The van der Waals surface area contributed by atoms with Crippen molar-refractivity contribution in [2.75, 3.05) is 68.6 Å². The minimum atomic E-state index is -0.200. The number of hydrogen-bond donors (Lipinski definition) is 6. The van der Waals surface area contributed by atoms with E-state index in [0.717, 1.165) is 5.56 Å². The fourth-order valence-electron chi connectivity index (χ4n) is 3.23. The van der Waals surface area contributed by atoms with Gasteiger partial charge in [-0.25, -0.2) is 0 Å². The summed E-state index contributed by atoms with van der Waals surface area (Å²) in [7, 11) is 0.